The summed E-state index contributed by atoms with van der Waals surface area (Å²) in [5.74, 6) is -0.0367. The van der Waals surface area contributed by atoms with E-state index >= 15 is 0 Å². The highest BCUT2D eigenvalue weighted by molar-refractivity contribution is 5.90. The number of hydrogen-bond donors (Lipinski definition) is 2. The number of carbonyl (C=O) groups excluding carboxylic acids is 1. The molecule has 3 N–H and O–H groups in total. The molecule has 9 heteroatoms. The van der Waals surface area contributed by atoms with Crippen molar-refractivity contribution in [2.24, 2.45) is 0 Å². The molecule has 1 heterocycles. The van der Waals surface area contributed by atoms with Gasteiger partial charge >= 0.3 is 5.97 Å². The fourth-order valence-corrected chi connectivity index (χ4v) is 2.38. The second-order valence-electron chi connectivity index (χ2n) is 5.83. The van der Waals surface area contributed by atoms with E-state index in [0.717, 1.165) is 5.56 Å². The van der Waals surface area contributed by atoms with Gasteiger partial charge in [-0.25, -0.2) is 9.18 Å². The molecule has 144 valence electrons. The van der Waals surface area contributed by atoms with Crippen molar-refractivity contribution in [3.8, 4) is 5.75 Å². The molecule has 0 fully saturated rings. The Morgan fingerprint density at radius 3 is 2.61 bits per heavy atom. The normalized spacial score (nSPS) is 10.4. The fraction of sp³-hybridized carbons (Fsp3) is 0.158. The monoisotopic (exact) mass is 383 g/mol. The van der Waals surface area contributed by atoms with Crippen molar-refractivity contribution in [1.29, 1.82) is 0 Å². The van der Waals surface area contributed by atoms with E-state index in [1.807, 2.05) is 6.92 Å². The van der Waals surface area contributed by atoms with Gasteiger partial charge in [0.25, 0.3) is 0 Å². The number of nitrogens with one attached hydrogen (secondary N) is 1. The van der Waals surface area contributed by atoms with Crippen LogP contribution in [0.25, 0.3) is 0 Å². The van der Waals surface area contributed by atoms with Crippen LogP contribution in [0.5, 0.6) is 5.75 Å². The van der Waals surface area contributed by atoms with Crippen molar-refractivity contribution >= 4 is 23.6 Å². The van der Waals surface area contributed by atoms with Crippen LogP contribution in [0.15, 0.2) is 42.5 Å². The summed E-state index contributed by atoms with van der Waals surface area (Å²) >= 11 is 0. The van der Waals surface area contributed by atoms with Crippen LogP contribution in [-0.4, -0.2) is 28.0 Å². The van der Waals surface area contributed by atoms with Crippen molar-refractivity contribution in [1.82, 2.24) is 15.0 Å². The number of nitrogens with zero attached hydrogens (tertiary/aromatic N) is 3. The Kier molecular flexibility index (Phi) is 5.64. The summed E-state index contributed by atoms with van der Waals surface area (Å²) in [4.78, 5) is 24.3. The molecule has 0 aliphatic carbocycles. The first-order valence-corrected chi connectivity index (χ1v) is 8.29. The van der Waals surface area contributed by atoms with Crippen LogP contribution in [0.4, 0.5) is 22.0 Å². The van der Waals surface area contributed by atoms with Gasteiger partial charge in [-0.1, -0.05) is 6.07 Å². The van der Waals surface area contributed by atoms with Crippen LogP contribution in [0, 0.1) is 12.7 Å². The van der Waals surface area contributed by atoms with Gasteiger partial charge in [0.1, 0.15) is 11.6 Å². The van der Waals surface area contributed by atoms with Crippen LogP contribution in [0.2, 0.25) is 0 Å². The topological polar surface area (TPSA) is 112 Å². The predicted molar refractivity (Wildman–Crippen MR) is 101 cm³/mol. The number of carbonyl (C=O) groups is 1. The summed E-state index contributed by atoms with van der Waals surface area (Å²) < 4.78 is 23.4. The maximum absolute atomic E-state index is 13.0. The molecule has 0 amide bonds. The number of hydrogen-bond acceptors (Lipinski definition) is 8. The zero-order chi connectivity index (χ0) is 20.1. The van der Waals surface area contributed by atoms with E-state index in [1.165, 1.54) is 31.4 Å². The highest BCUT2D eigenvalue weighted by Crippen LogP contribution is 2.20. The van der Waals surface area contributed by atoms with E-state index in [-0.39, 0.29) is 30.1 Å². The van der Waals surface area contributed by atoms with E-state index in [4.69, 9.17) is 15.2 Å². The average molecular weight is 383 g/mol. The van der Waals surface area contributed by atoms with E-state index in [2.05, 4.69) is 20.3 Å². The number of nitrogen functional groups attached to an aromatic ring is 1. The van der Waals surface area contributed by atoms with Crippen LogP contribution < -0.4 is 15.8 Å². The van der Waals surface area contributed by atoms with E-state index in [1.54, 1.807) is 18.2 Å². The number of aryl methyl sites for hydroxylation is 1. The maximum Gasteiger partial charge on any atom is 0.338 e. The smallest absolute Gasteiger partial charge is 0.338 e. The van der Waals surface area contributed by atoms with Gasteiger partial charge in [-0.2, -0.15) is 15.0 Å². The maximum atomic E-state index is 13.0. The van der Waals surface area contributed by atoms with Gasteiger partial charge in [0.2, 0.25) is 11.9 Å². The van der Waals surface area contributed by atoms with Crippen LogP contribution in [0.1, 0.15) is 21.7 Å². The summed E-state index contributed by atoms with van der Waals surface area (Å²) in [7, 11) is 1.53. The predicted octanol–water partition coefficient (Wildman–Crippen LogP) is 3.01. The highest BCUT2D eigenvalue weighted by atomic mass is 19.1. The van der Waals surface area contributed by atoms with Gasteiger partial charge in [-0.15, -0.1) is 0 Å². The Balaban J connectivity index is 1.69. The highest BCUT2D eigenvalue weighted by Gasteiger charge is 2.12. The SMILES string of the molecule is COc1cc(C(=O)OCc2nc(N)nc(Nc3ccc(F)cc3)n2)ccc1C. The first kappa shape index (κ1) is 19.0. The van der Waals surface area contributed by atoms with E-state index in [9.17, 15) is 9.18 Å². The fourth-order valence-electron chi connectivity index (χ4n) is 2.38. The minimum absolute atomic E-state index is 0.0392. The lowest BCUT2D eigenvalue weighted by Crippen LogP contribution is -2.11. The molecule has 0 radical (unpaired) electrons. The minimum atomic E-state index is -0.551. The second kappa shape index (κ2) is 8.30. The standard InChI is InChI=1S/C19H18FN5O3/c1-11-3-4-12(9-15(11)27-2)17(26)28-10-16-23-18(21)25-19(24-16)22-14-7-5-13(20)6-8-14/h3-9H,10H2,1-2H3,(H3,21,22,23,24,25). The minimum Gasteiger partial charge on any atom is -0.496 e. The summed E-state index contributed by atoms with van der Waals surface area (Å²) in [6.45, 7) is 1.68. The average Bonchev–Trinajstić information content (AvgIpc) is 2.68. The third kappa shape index (κ3) is 4.70. The lowest BCUT2D eigenvalue weighted by atomic mass is 10.1. The van der Waals surface area contributed by atoms with Gasteiger partial charge < -0.3 is 20.5 Å². The Morgan fingerprint density at radius 2 is 1.89 bits per heavy atom. The molecule has 0 unspecified atom stereocenters. The van der Waals surface area contributed by atoms with Crippen molar-refractivity contribution in [3.63, 3.8) is 0 Å². The number of methoxy groups -OCH3 is 1. The van der Waals surface area contributed by atoms with Crippen LogP contribution in [-0.2, 0) is 11.3 Å². The molecule has 3 aromatic rings. The lowest BCUT2D eigenvalue weighted by Gasteiger charge is -2.09. The van der Waals surface area contributed by atoms with Crippen LogP contribution in [0.3, 0.4) is 0 Å². The molecule has 0 bridgehead atoms. The summed E-state index contributed by atoms with van der Waals surface area (Å²) in [5, 5.41) is 2.89. The first-order valence-electron chi connectivity index (χ1n) is 8.29. The summed E-state index contributed by atoms with van der Waals surface area (Å²) in [6.07, 6.45) is 0. The Bertz CT molecular complexity index is 995. The summed E-state index contributed by atoms with van der Waals surface area (Å²) in [6, 6.07) is 10.7. The molecule has 0 atom stereocenters. The number of ether oxygens (including phenoxy) is 2. The van der Waals surface area contributed by atoms with Gasteiger partial charge in [0.05, 0.1) is 12.7 Å². The molecular weight excluding hydrogens is 365 g/mol. The van der Waals surface area contributed by atoms with Gasteiger partial charge in [-0.05, 0) is 48.9 Å². The van der Waals surface area contributed by atoms with Crippen molar-refractivity contribution in [2.75, 3.05) is 18.2 Å². The Hall–Kier alpha value is -3.75. The quantitative estimate of drug-likeness (QED) is 0.625. The lowest BCUT2D eigenvalue weighted by molar-refractivity contribution is 0.0462. The number of rotatable bonds is 6. The van der Waals surface area contributed by atoms with Gasteiger partial charge in [0.15, 0.2) is 12.4 Å². The van der Waals surface area contributed by atoms with Crippen molar-refractivity contribution in [2.45, 2.75) is 13.5 Å². The van der Waals surface area contributed by atoms with Crippen molar-refractivity contribution < 1.29 is 18.7 Å². The van der Waals surface area contributed by atoms with Gasteiger partial charge in [0, 0.05) is 5.69 Å². The molecule has 0 aliphatic rings. The molecule has 28 heavy (non-hydrogen) atoms. The third-order valence-corrected chi connectivity index (χ3v) is 3.78. The number of benzene rings is 2. The molecular formula is C19H18FN5O3. The van der Waals surface area contributed by atoms with E-state index < -0.39 is 5.97 Å². The Morgan fingerprint density at radius 1 is 1.14 bits per heavy atom. The number of nitrogens with two attached hydrogens (primary N) is 1. The largest absolute Gasteiger partial charge is 0.496 e. The Labute approximate surface area is 160 Å². The molecule has 0 saturated heterocycles. The molecule has 3 rings (SSSR count). The first-order chi connectivity index (χ1) is 13.4. The number of aromatic nitrogens is 3. The summed E-state index contributed by atoms with van der Waals surface area (Å²) in [5.41, 5.74) is 7.51. The molecule has 0 spiro atoms. The number of halogens is 1. The molecule has 2 aromatic carbocycles. The molecule has 8 nitrogen and oxygen atoms in total. The number of esters is 1. The van der Waals surface area contributed by atoms with Crippen LogP contribution >= 0.6 is 0 Å². The van der Waals surface area contributed by atoms with Gasteiger partial charge in [-0.3, -0.25) is 0 Å². The molecule has 1 aromatic heterocycles. The van der Waals surface area contributed by atoms with E-state index in [0.29, 0.717) is 17.0 Å². The molecule has 0 saturated carbocycles. The van der Waals surface area contributed by atoms with Crippen molar-refractivity contribution in [3.05, 3.63) is 65.2 Å². The zero-order valence-electron chi connectivity index (χ0n) is 15.3. The zero-order valence-corrected chi connectivity index (χ0v) is 15.3. The third-order valence-electron chi connectivity index (χ3n) is 3.78. The number of anilines is 3. The molecule has 0 aliphatic heterocycles. The second-order valence-corrected chi connectivity index (χ2v) is 5.83.